The summed E-state index contributed by atoms with van der Waals surface area (Å²) in [4.78, 5) is 0. The smallest absolute Gasteiger partial charge is 0.125 e. The van der Waals surface area contributed by atoms with E-state index >= 15 is 0 Å². The van der Waals surface area contributed by atoms with Gasteiger partial charge in [0.25, 0.3) is 0 Å². The minimum atomic E-state index is -0.279. The second kappa shape index (κ2) is 5.40. The molecule has 2 rings (SSSR count). The molecule has 2 aromatic rings. The molecule has 94 valence electrons. The predicted octanol–water partition coefficient (Wildman–Crippen LogP) is 4.47. The third-order valence-electron chi connectivity index (χ3n) is 2.69. The lowest BCUT2D eigenvalue weighted by molar-refractivity contribution is 0.475. The molecular formula is C14H13BrFNO. The number of halogens is 2. The molecular weight excluding hydrogens is 297 g/mol. The molecule has 0 saturated heterocycles. The van der Waals surface area contributed by atoms with Gasteiger partial charge in [0.2, 0.25) is 0 Å². The number of anilines is 1. The van der Waals surface area contributed by atoms with Crippen molar-refractivity contribution in [2.75, 3.05) is 5.32 Å². The van der Waals surface area contributed by atoms with Crippen molar-refractivity contribution in [2.24, 2.45) is 0 Å². The van der Waals surface area contributed by atoms with Crippen LogP contribution in [0, 0.1) is 5.82 Å². The third kappa shape index (κ3) is 3.01. The summed E-state index contributed by atoms with van der Waals surface area (Å²) in [6.45, 7) is 1.98. The van der Waals surface area contributed by atoms with E-state index in [1.807, 2.05) is 19.1 Å². The van der Waals surface area contributed by atoms with E-state index in [0.717, 1.165) is 10.0 Å². The van der Waals surface area contributed by atoms with Crippen LogP contribution in [0.3, 0.4) is 0 Å². The zero-order chi connectivity index (χ0) is 13.1. The molecule has 18 heavy (non-hydrogen) atoms. The van der Waals surface area contributed by atoms with Gasteiger partial charge in [-0.15, -0.1) is 0 Å². The third-order valence-corrected chi connectivity index (χ3v) is 3.39. The Morgan fingerprint density at radius 3 is 2.50 bits per heavy atom. The summed E-state index contributed by atoms with van der Waals surface area (Å²) in [5.74, 6) is -0.0449. The van der Waals surface area contributed by atoms with Crippen molar-refractivity contribution in [1.29, 1.82) is 0 Å². The van der Waals surface area contributed by atoms with E-state index in [1.165, 1.54) is 12.1 Å². The van der Waals surface area contributed by atoms with E-state index in [4.69, 9.17) is 0 Å². The summed E-state index contributed by atoms with van der Waals surface area (Å²) in [5.41, 5.74) is 1.72. The number of phenolic OH excluding ortho intramolecular Hbond substituents is 1. The Balaban J connectivity index is 2.18. The molecule has 0 bridgehead atoms. The SMILES string of the molecule is CC(Nc1cc(F)ccc1Br)c1ccc(O)cc1. The number of rotatable bonds is 3. The maximum absolute atomic E-state index is 13.2. The van der Waals surface area contributed by atoms with Crippen LogP contribution < -0.4 is 5.32 Å². The lowest BCUT2D eigenvalue weighted by atomic mass is 10.1. The molecule has 1 unspecified atom stereocenters. The molecule has 0 spiro atoms. The monoisotopic (exact) mass is 309 g/mol. The average molecular weight is 310 g/mol. The molecule has 0 heterocycles. The maximum atomic E-state index is 13.2. The highest BCUT2D eigenvalue weighted by Crippen LogP contribution is 2.27. The number of hydrogen-bond acceptors (Lipinski definition) is 2. The quantitative estimate of drug-likeness (QED) is 0.877. The van der Waals surface area contributed by atoms with Gasteiger partial charge in [0.1, 0.15) is 11.6 Å². The van der Waals surface area contributed by atoms with Gasteiger partial charge in [0.15, 0.2) is 0 Å². The van der Waals surface area contributed by atoms with Crippen molar-refractivity contribution in [3.8, 4) is 5.75 Å². The highest BCUT2D eigenvalue weighted by molar-refractivity contribution is 9.10. The van der Waals surface area contributed by atoms with Gasteiger partial charge in [-0.1, -0.05) is 12.1 Å². The molecule has 0 saturated carbocycles. The van der Waals surface area contributed by atoms with Crippen LogP contribution in [-0.2, 0) is 0 Å². The van der Waals surface area contributed by atoms with Gasteiger partial charge in [0, 0.05) is 10.5 Å². The molecule has 2 nitrogen and oxygen atoms in total. The molecule has 0 aromatic heterocycles. The van der Waals surface area contributed by atoms with E-state index in [9.17, 15) is 9.50 Å². The van der Waals surface area contributed by atoms with Crippen LogP contribution in [0.2, 0.25) is 0 Å². The van der Waals surface area contributed by atoms with E-state index in [-0.39, 0.29) is 17.6 Å². The van der Waals surface area contributed by atoms with Crippen molar-refractivity contribution in [3.63, 3.8) is 0 Å². The largest absolute Gasteiger partial charge is 0.508 e. The van der Waals surface area contributed by atoms with E-state index in [2.05, 4.69) is 21.2 Å². The Labute approximate surface area is 114 Å². The first-order chi connectivity index (χ1) is 8.56. The summed E-state index contributed by atoms with van der Waals surface area (Å²) >= 11 is 3.37. The van der Waals surface area contributed by atoms with Crippen molar-refractivity contribution in [2.45, 2.75) is 13.0 Å². The Bertz CT molecular complexity index is 542. The van der Waals surface area contributed by atoms with Crippen LogP contribution in [0.5, 0.6) is 5.75 Å². The van der Waals surface area contributed by atoms with Crippen molar-refractivity contribution in [3.05, 3.63) is 58.3 Å². The summed E-state index contributed by atoms with van der Waals surface area (Å²) in [7, 11) is 0. The fourth-order valence-corrected chi connectivity index (χ4v) is 2.05. The number of benzene rings is 2. The van der Waals surface area contributed by atoms with Crippen molar-refractivity contribution < 1.29 is 9.50 Å². The van der Waals surface area contributed by atoms with Crippen molar-refractivity contribution >= 4 is 21.6 Å². The molecule has 4 heteroatoms. The van der Waals surface area contributed by atoms with Crippen LogP contribution in [0.25, 0.3) is 0 Å². The summed E-state index contributed by atoms with van der Waals surface area (Å²) in [6, 6.07) is 11.5. The minimum absolute atomic E-state index is 0.0173. The topological polar surface area (TPSA) is 32.3 Å². The molecule has 0 fully saturated rings. The number of aromatic hydroxyl groups is 1. The lowest BCUT2D eigenvalue weighted by Gasteiger charge is -2.17. The predicted molar refractivity (Wildman–Crippen MR) is 74.2 cm³/mol. The van der Waals surface area contributed by atoms with E-state index < -0.39 is 0 Å². The van der Waals surface area contributed by atoms with E-state index in [0.29, 0.717) is 5.69 Å². The minimum Gasteiger partial charge on any atom is -0.508 e. The Morgan fingerprint density at radius 2 is 1.83 bits per heavy atom. The zero-order valence-electron chi connectivity index (χ0n) is 9.82. The number of nitrogens with one attached hydrogen (secondary N) is 1. The van der Waals surface area contributed by atoms with Crippen LogP contribution in [0.1, 0.15) is 18.5 Å². The first-order valence-electron chi connectivity index (χ1n) is 5.57. The molecule has 0 amide bonds. The van der Waals surface area contributed by atoms with Crippen LogP contribution in [0.4, 0.5) is 10.1 Å². The van der Waals surface area contributed by atoms with Crippen LogP contribution in [-0.4, -0.2) is 5.11 Å². The van der Waals surface area contributed by atoms with Gasteiger partial charge in [-0.3, -0.25) is 0 Å². The normalized spacial score (nSPS) is 12.2. The molecule has 0 aliphatic rings. The van der Waals surface area contributed by atoms with Gasteiger partial charge in [0.05, 0.1) is 5.69 Å². The van der Waals surface area contributed by atoms with E-state index in [1.54, 1.807) is 18.2 Å². The van der Waals surface area contributed by atoms with Gasteiger partial charge in [-0.2, -0.15) is 0 Å². The fraction of sp³-hybridized carbons (Fsp3) is 0.143. The Hall–Kier alpha value is -1.55. The highest BCUT2D eigenvalue weighted by Gasteiger charge is 2.08. The molecule has 1 atom stereocenters. The molecule has 2 aromatic carbocycles. The molecule has 0 aliphatic carbocycles. The number of hydrogen-bond donors (Lipinski definition) is 2. The fourth-order valence-electron chi connectivity index (χ4n) is 1.69. The van der Waals surface area contributed by atoms with Crippen LogP contribution >= 0.6 is 15.9 Å². The summed E-state index contributed by atoms with van der Waals surface area (Å²) < 4.78 is 14.0. The second-order valence-corrected chi connectivity index (χ2v) is 4.94. The number of phenols is 1. The van der Waals surface area contributed by atoms with Gasteiger partial charge < -0.3 is 10.4 Å². The molecule has 0 aliphatic heterocycles. The van der Waals surface area contributed by atoms with Crippen molar-refractivity contribution in [1.82, 2.24) is 0 Å². The van der Waals surface area contributed by atoms with Crippen LogP contribution in [0.15, 0.2) is 46.9 Å². The second-order valence-electron chi connectivity index (χ2n) is 4.08. The first-order valence-corrected chi connectivity index (χ1v) is 6.36. The maximum Gasteiger partial charge on any atom is 0.125 e. The highest BCUT2D eigenvalue weighted by atomic mass is 79.9. The van der Waals surface area contributed by atoms with Gasteiger partial charge in [-0.05, 0) is 58.7 Å². The molecule has 2 N–H and O–H groups in total. The molecule has 0 radical (unpaired) electrons. The summed E-state index contributed by atoms with van der Waals surface area (Å²) in [5, 5.41) is 12.4. The zero-order valence-corrected chi connectivity index (χ0v) is 11.4. The standard InChI is InChI=1S/C14H13BrFNO/c1-9(10-2-5-12(18)6-3-10)17-14-8-11(16)4-7-13(14)15/h2-9,17-18H,1H3. The average Bonchev–Trinajstić information content (AvgIpc) is 2.34. The Morgan fingerprint density at radius 1 is 1.17 bits per heavy atom. The summed E-state index contributed by atoms with van der Waals surface area (Å²) in [6.07, 6.45) is 0. The van der Waals surface area contributed by atoms with Gasteiger partial charge >= 0.3 is 0 Å². The van der Waals surface area contributed by atoms with Gasteiger partial charge in [-0.25, -0.2) is 4.39 Å². The lowest BCUT2D eigenvalue weighted by Crippen LogP contribution is -2.07. The Kier molecular flexibility index (Phi) is 3.87. The first kappa shape index (κ1) is 12.9.